The van der Waals surface area contributed by atoms with E-state index in [2.05, 4.69) is 16.8 Å². The minimum absolute atomic E-state index is 0.198. The number of amides is 1. The number of methoxy groups -OCH3 is 1. The summed E-state index contributed by atoms with van der Waals surface area (Å²) in [5.41, 5.74) is 1.55. The number of nitrogens with one attached hydrogen (secondary N) is 1. The van der Waals surface area contributed by atoms with Crippen LogP contribution in [0.5, 0.6) is 5.75 Å². The van der Waals surface area contributed by atoms with Crippen molar-refractivity contribution < 1.29 is 32.3 Å². The van der Waals surface area contributed by atoms with Crippen LogP contribution in [0.2, 0.25) is 0 Å². The van der Waals surface area contributed by atoms with Crippen molar-refractivity contribution in [1.29, 1.82) is 0 Å². The molecule has 0 radical (unpaired) electrons. The number of ether oxygens (including phenoxy) is 1. The Kier molecular flexibility index (Phi) is 8.49. The first-order valence-corrected chi connectivity index (χ1v) is 12.2. The van der Waals surface area contributed by atoms with Crippen LogP contribution < -0.4 is 10.2 Å². The second kappa shape index (κ2) is 11.8. The molecule has 4 rings (SSSR count). The van der Waals surface area contributed by atoms with Crippen molar-refractivity contribution in [2.75, 3.05) is 26.7 Å². The molecule has 38 heavy (non-hydrogen) atoms. The van der Waals surface area contributed by atoms with Crippen molar-refractivity contribution in [3.05, 3.63) is 70.9 Å². The average molecular weight is 530 g/mol. The normalized spacial score (nSPS) is 15.1. The maximum Gasteiger partial charge on any atom is 0.249 e. The Bertz CT molecular complexity index is 1370. The van der Waals surface area contributed by atoms with Crippen LogP contribution in [0.3, 0.4) is 0 Å². The van der Waals surface area contributed by atoms with Gasteiger partial charge in [0.05, 0.1) is 36.3 Å². The lowest BCUT2D eigenvalue weighted by atomic mass is 9.73. The molecule has 3 aromatic rings. The largest absolute Gasteiger partial charge is 0.497 e. The number of hydrogen-bond acceptors (Lipinski definition) is 5. The van der Waals surface area contributed by atoms with Crippen molar-refractivity contribution in [2.45, 2.75) is 32.1 Å². The summed E-state index contributed by atoms with van der Waals surface area (Å²) in [6, 6.07) is 6.40. The van der Waals surface area contributed by atoms with Gasteiger partial charge < -0.3 is 4.74 Å². The molecule has 0 bridgehead atoms. The number of hydrogen-bond donors (Lipinski definition) is 2. The SMILES string of the molecule is COc1ccc2ncc(F)c(CCCC3(C(=O)NO)CCN(CC#Cc4c(F)cc(F)cc4F)CC3)c2c1. The van der Waals surface area contributed by atoms with E-state index < -0.39 is 40.2 Å². The molecule has 0 saturated carbocycles. The number of halogens is 4. The third-order valence-electron chi connectivity index (χ3n) is 7.14. The second-order valence-electron chi connectivity index (χ2n) is 9.36. The number of benzene rings is 2. The van der Waals surface area contributed by atoms with Gasteiger partial charge in [-0.3, -0.25) is 19.9 Å². The van der Waals surface area contributed by atoms with Crippen molar-refractivity contribution in [3.63, 3.8) is 0 Å². The summed E-state index contributed by atoms with van der Waals surface area (Å²) >= 11 is 0. The van der Waals surface area contributed by atoms with Gasteiger partial charge in [0.15, 0.2) is 0 Å². The number of nitrogens with zero attached hydrogens (tertiary/aromatic N) is 2. The molecule has 0 unspecified atom stereocenters. The first kappa shape index (κ1) is 27.4. The first-order chi connectivity index (χ1) is 18.3. The van der Waals surface area contributed by atoms with Crippen LogP contribution in [0.1, 0.15) is 36.8 Å². The monoisotopic (exact) mass is 529 g/mol. The molecule has 200 valence electrons. The van der Waals surface area contributed by atoms with Gasteiger partial charge in [-0.1, -0.05) is 11.8 Å². The summed E-state index contributed by atoms with van der Waals surface area (Å²) in [7, 11) is 1.53. The van der Waals surface area contributed by atoms with Crippen molar-refractivity contribution in [2.24, 2.45) is 5.41 Å². The standard InChI is InChI=1S/C28H27F4N3O3/c1-38-19-6-7-26-22(16-19)20(25(32)17-33-26)4-2-8-28(27(36)34-37)9-12-35(13-10-28)11-3-5-21-23(30)14-18(29)15-24(21)31/h6-7,14-17,37H,2,4,8-13H2,1H3,(H,34,36). The summed E-state index contributed by atoms with van der Waals surface area (Å²) in [6.45, 7) is 1.11. The molecule has 2 heterocycles. The van der Waals surface area contributed by atoms with Gasteiger partial charge in [0.1, 0.15) is 29.0 Å². The maximum atomic E-state index is 14.7. The smallest absolute Gasteiger partial charge is 0.249 e. The molecule has 0 spiro atoms. The Labute approximate surface area is 217 Å². The molecule has 1 aliphatic heterocycles. The Morgan fingerprint density at radius 2 is 1.84 bits per heavy atom. The number of piperidine rings is 1. The Hall–Kier alpha value is -3.68. The molecule has 0 aliphatic carbocycles. The van der Waals surface area contributed by atoms with Gasteiger partial charge in [-0.05, 0) is 55.9 Å². The highest BCUT2D eigenvalue weighted by Gasteiger charge is 2.40. The van der Waals surface area contributed by atoms with E-state index in [0.29, 0.717) is 79.5 Å². The highest BCUT2D eigenvalue weighted by Crippen LogP contribution is 2.37. The number of carbonyl (C=O) groups excluding carboxylic acids is 1. The fourth-order valence-corrected chi connectivity index (χ4v) is 4.94. The fraction of sp³-hybridized carbons (Fsp3) is 0.357. The highest BCUT2D eigenvalue weighted by molar-refractivity contribution is 5.84. The summed E-state index contributed by atoms with van der Waals surface area (Å²) in [4.78, 5) is 18.7. The van der Waals surface area contributed by atoms with Gasteiger partial charge in [0.2, 0.25) is 5.91 Å². The first-order valence-electron chi connectivity index (χ1n) is 12.2. The van der Waals surface area contributed by atoms with E-state index in [4.69, 9.17) is 4.74 Å². The molecule has 1 aliphatic rings. The van der Waals surface area contributed by atoms with Gasteiger partial charge in [-0.25, -0.2) is 23.0 Å². The molecule has 6 nitrogen and oxygen atoms in total. The average Bonchev–Trinajstić information content (AvgIpc) is 2.91. The lowest BCUT2D eigenvalue weighted by Crippen LogP contribution is -2.48. The summed E-state index contributed by atoms with van der Waals surface area (Å²) in [5, 5.41) is 10.0. The molecule has 10 heteroatoms. The lowest BCUT2D eigenvalue weighted by Gasteiger charge is -2.39. The molecule has 1 amide bonds. The summed E-state index contributed by atoms with van der Waals surface area (Å²) < 4.78 is 60.6. The molecule has 0 atom stereocenters. The van der Waals surface area contributed by atoms with Gasteiger partial charge >= 0.3 is 0 Å². The van der Waals surface area contributed by atoms with Crippen molar-refractivity contribution >= 4 is 16.8 Å². The molecule has 2 N–H and O–H groups in total. The number of likely N-dealkylation sites (tertiary alicyclic amines) is 1. The van der Waals surface area contributed by atoms with Crippen molar-refractivity contribution in [3.8, 4) is 17.6 Å². The van der Waals surface area contributed by atoms with E-state index in [-0.39, 0.29) is 6.54 Å². The maximum absolute atomic E-state index is 14.7. The van der Waals surface area contributed by atoms with Crippen LogP contribution in [0, 0.1) is 40.5 Å². The van der Waals surface area contributed by atoms with E-state index in [9.17, 15) is 27.6 Å². The summed E-state index contributed by atoms with van der Waals surface area (Å²) in [6.07, 6.45) is 3.27. The van der Waals surface area contributed by atoms with Gasteiger partial charge in [-0.15, -0.1) is 0 Å². The number of fused-ring (bicyclic) bond motifs is 1. The molecule has 2 aromatic carbocycles. The zero-order valence-electron chi connectivity index (χ0n) is 20.8. The number of aromatic nitrogens is 1. The van der Waals surface area contributed by atoms with Crippen LogP contribution in [0.15, 0.2) is 36.5 Å². The molecule has 1 fully saturated rings. The molecule has 1 aromatic heterocycles. The predicted molar refractivity (Wildman–Crippen MR) is 132 cm³/mol. The summed E-state index contributed by atoms with van der Waals surface area (Å²) in [5.74, 6) is 1.62. The van der Waals surface area contributed by atoms with Crippen LogP contribution in [0.4, 0.5) is 17.6 Å². The van der Waals surface area contributed by atoms with E-state index in [1.807, 2.05) is 4.90 Å². The van der Waals surface area contributed by atoms with Crippen LogP contribution in [-0.4, -0.2) is 47.7 Å². The number of rotatable bonds is 7. The Morgan fingerprint density at radius 3 is 2.50 bits per heavy atom. The zero-order chi connectivity index (χ0) is 27.3. The lowest BCUT2D eigenvalue weighted by molar-refractivity contribution is -0.143. The minimum atomic E-state index is -1.07. The minimum Gasteiger partial charge on any atom is -0.497 e. The predicted octanol–water partition coefficient (Wildman–Crippen LogP) is 4.76. The number of carbonyl (C=O) groups is 1. The third-order valence-corrected chi connectivity index (χ3v) is 7.14. The third kappa shape index (κ3) is 5.90. The van der Waals surface area contributed by atoms with Crippen LogP contribution in [0.25, 0.3) is 10.9 Å². The van der Waals surface area contributed by atoms with Crippen LogP contribution >= 0.6 is 0 Å². The van der Waals surface area contributed by atoms with Gasteiger partial charge in [0.25, 0.3) is 0 Å². The molecular weight excluding hydrogens is 502 g/mol. The quantitative estimate of drug-likeness (QED) is 0.200. The van der Waals surface area contributed by atoms with E-state index >= 15 is 0 Å². The Balaban J connectivity index is 1.41. The van der Waals surface area contributed by atoms with E-state index in [0.717, 1.165) is 0 Å². The van der Waals surface area contributed by atoms with Crippen LogP contribution in [-0.2, 0) is 11.2 Å². The number of pyridine rings is 1. The number of hydroxylamine groups is 1. The van der Waals surface area contributed by atoms with E-state index in [1.54, 1.807) is 23.7 Å². The van der Waals surface area contributed by atoms with Gasteiger partial charge in [-0.2, -0.15) is 0 Å². The molecule has 1 saturated heterocycles. The Morgan fingerprint density at radius 1 is 1.13 bits per heavy atom. The molecular formula is C28H27F4N3O3. The second-order valence-corrected chi connectivity index (χ2v) is 9.36. The highest BCUT2D eigenvalue weighted by atomic mass is 19.1. The topological polar surface area (TPSA) is 74.7 Å². The zero-order valence-corrected chi connectivity index (χ0v) is 20.8. The van der Waals surface area contributed by atoms with Gasteiger partial charge in [0, 0.05) is 30.6 Å². The fourth-order valence-electron chi connectivity index (χ4n) is 4.94. The van der Waals surface area contributed by atoms with E-state index in [1.165, 1.54) is 13.3 Å². The van der Waals surface area contributed by atoms with Crippen molar-refractivity contribution in [1.82, 2.24) is 15.4 Å². The number of aryl methyl sites for hydroxylation is 1.